The number of amides is 1. The molecule has 1 aliphatic rings. The standard InChI is InChI=1S/C30H32ClN3O3/c1-20-16-23(17-21(2)29(20)31)37-15-9-8-14-33-25-11-5-4-10-24(25)32-30(33)22-18-28(35)34(19-22)26-12-6-7-13-27(26)36-3/h4-7,10-13,16-17,22H,8-9,14-15,18-19H2,1-3H3. The number of hydrogen-bond donors (Lipinski definition) is 0. The van der Waals surface area contributed by atoms with Gasteiger partial charge in [-0.25, -0.2) is 4.98 Å². The second kappa shape index (κ2) is 10.9. The van der Waals surface area contributed by atoms with Crippen LogP contribution >= 0.6 is 11.6 Å². The molecule has 2 heterocycles. The maximum Gasteiger partial charge on any atom is 0.227 e. The van der Waals surface area contributed by atoms with Gasteiger partial charge >= 0.3 is 0 Å². The summed E-state index contributed by atoms with van der Waals surface area (Å²) in [6.45, 7) is 6.03. The van der Waals surface area contributed by atoms with E-state index in [9.17, 15) is 4.79 Å². The first-order chi connectivity index (χ1) is 18.0. The first-order valence-corrected chi connectivity index (χ1v) is 13.1. The molecule has 0 saturated carbocycles. The van der Waals surface area contributed by atoms with E-state index in [1.165, 1.54) is 0 Å². The van der Waals surface area contributed by atoms with Crippen LogP contribution in [0.4, 0.5) is 5.69 Å². The third-order valence-corrected chi connectivity index (χ3v) is 7.60. The van der Waals surface area contributed by atoms with Gasteiger partial charge in [0.2, 0.25) is 5.91 Å². The molecular weight excluding hydrogens is 486 g/mol. The summed E-state index contributed by atoms with van der Waals surface area (Å²) in [4.78, 5) is 19.9. The number of rotatable bonds is 9. The van der Waals surface area contributed by atoms with Crippen LogP contribution < -0.4 is 14.4 Å². The first-order valence-electron chi connectivity index (χ1n) is 12.7. The van der Waals surface area contributed by atoms with Gasteiger partial charge in [-0.3, -0.25) is 4.79 Å². The summed E-state index contributed by atoms with van der Waals surface area (Å²) < 4.78 is 13.8. The molecule has 0 aliphatic carbocycles. The van der Waals surface area contributed by atoms with Crippen LogP contribution in [0.25, 0.3) is 11.0 Å². The SMILES string of the molecule is COc1ccccc1N1CC(c2nc3ccccc3n2CCCCOc2cc(C)c(Cl)c(C)c2)CC1=O. The number of fused-ring (bicyclic) bond motifs is 1. The van der Waals surface area contributed by atoms with Crippen molar-refractivity contribution < 1.29 is 14.3 Å². The number of aromatic nitrogens is 2. The third-order valence-electron chi connectivity index (χ3n) is 7.00. The van der Waals surface area contributed by atoms with Crippen LogP contribution in [0.5, 0.6) is 11.5 Å². The van der Waals surface area contributed by atoms with E-state index < -0.39 is 0 Å². The van der Waals surface area contributed by atoms with Gasteiger partial charge in [-0.15, -0.1) is 0 Å². The Morgan fingerprint density at radius 1 is 1.03 bits per heavy atom. The summed E-state index contributed by atoms with van der Waals surface area (Å²) >= 11 is 6.28. The summed E-state index contributed by atoms with van der Waals surface area (Å²) in [6.07, 6.45) is 2.28. The molecular formula is C30H32ClN3O3. The van der Waals surface area contributed by atoms with Crippen molar-refractivity contribution in [2.24, 2.45) is 0 Å². The Bertz CT molecular complexity index is 1410. The van der Waals surface area contributed by atoms with E-state index in [4.69, 9.17) is 26.1 Å². The number of anilines is 1. The number of imidazole rings is 1. The second-order valence-electron chi connectivity index (χ2n) is 9.61. The minimum atomic E-state index is 0.0149. The average Bonchev–Trinajstić information content (AvgIpc) is 3.47. The largest absolute Gasteiger partial charge is 0.495 e. The van der Waals surface area contributed by atoms with Crippen LogP contribution in [-0.2, 0) is 11.3 Å². The van der Waals surface area contributed by atoms with Crippen LogP contribution in [0.15, 0.2) is 60.7 Å². The predicted molar refractivity (Wildman–Crippen MR) is 148 cm³/mol. The second-order valence-corrected chi connectivity index (χ2v) is 9.99. The number of unbranched alkanes of at least 4 members (excludes halogenated alkanes) is 1. The highest BCUT2D eigenvalue weighted by Crippen LogP contribution is 2.37. The summed E-state index contributed by atoms with van der Waals surface area (Å²) in [5.41, 5.74) is 4.93. The van der Waals surface area contributed by atoms with Crippen LogP contribution in [0.3, 0.4) is 0 Å². The van der Waals surface area contributed by atoms with E-state index in [0.717, 1.165) is 63.8 Å². The number of hydrogen-bond acceptors (Lipinski definition) is 4. The third kappa shape index (κ3) is 5.16. The van der Waals surface area contributed by atoms with Crippen LogP contribution in [0.1, 0.15) is 42.1 Å². The van der Waals surface area contributed by atoms with Crippen molar-refractivity contribution in [2.45, 2.75) is 45.6 Å². The number of ether oxygens (including phenoxy) is 2. The van der Waals surface area contributed by atoms with E-state index in [1.54, 1.807) is 7.11 Å². The number of benzene rings is 3. The maximum absolute atomic E-state index is 13.1. The van der Waals surface area contributed by atoms with Crippen molar-refractivity contribution >= 4 is 34.2 Å². The normalized spacial score (nSPS) is 15.5. The lowest BCUT2D eigenvalue weighted by atomic mass is 10.1. The monoisotopic (exact) mass is 517 g/mol. The summed E-state index contributed by atoms with van der Waals surface area (Å²) in [6, 6.07) is 19.8. The fraction of sp³-hybridized carbons (Fsp3) is 0.333. The Morgan fingerprint density at radius 3 is 2.54 bits per heavy atom. The maximum atomic E-state index is 13.1. The molecule has 7 heteroatoms. The number of nitrogens with zero attached hydrogens (tertiary/aromatic N) is 3. The molecule has 5 rings (SSSR count). The summed E-state index contributed by atoms with van der Waals surface area (Å²) in [5.74, 6) is 2.64. The molecule has 4 aromatic rings. The molecule has 1 fully saturated rings. The number of halogens is 1. The highest BCUT2D eigenvalue weighted by molar-refractivity contribution is 6.32. The lowest BCUT2D eigenvalue weighted by molar-refractivity contribution is -0.117. The van der Waals surface area contributed by atoms with Gasteiger partial charge in [0.05, 0.1) is 30.4 Å². The molecule has 1 aliphatic heterocycles. The number of aryl methyl sites for hydroxylation is 3. The minimum Gasteiger partial charge on any atom is -0.495 e. The van der Waals surface area contributed by atoms with Gasteiger partial charge in [0.1, 0.15) is 17.3 Å². The van der Waals surface area contributed by atoms with E-state index in [0.29, 0.717) is 25.3 Å². The zero-order valence-corrected chi connectivity index (χ0v) is 22.3. The Hall–Kier alpha value is -3.51. The van der Waals surface area contributed by atoms with E-state index in [1.807, 2.05) is 73.3 Å². The first kappa shape index (κ1) is 25.2. The van der Waals surface area contributed by atoms with Gasteiger partial charge in [0.15, 0.2) is 0 Å². The molecule has 192 valence electrons. The fourth-order valence-electron chi connectivity index (χ4n) is 5.16. The van der Waals surface area contributed by atoms with Crippen LogP contribution in [0.2, 0.25) is 5.02 Å². The molecule has 0 radical (unpaired) electrons. The number of carbonyl (C=O) groups is 1. The number of para-hydroxylation sites is 4. The van der Waals surface area contributed by atoms with Gasteiger partial charge in [-0.2, -0.15) is 0 Å². The van der Waals surface area contributed by atoms with Crippen LogP contribution in [-0.4, -0.2) is 35.7 Å². The molecule has 1 amide bonds. The van der Waals surface area contributed by atoms with Gasteiger partial charge in [0.25, 0.3) is 0 Å². The smallest absolute Gasteiger partial charge is 0.227 e. The van der Waals surface area contributed by atoms with Crippen molar-refractivity contribution in [1.29, 1.82) is 0 Å². The Morgan fingerprint density at radius 2 is 1.76 bits per heavy atom. The topological polar surface area (TPSA) is 56.6 Å². The average molecular weight is 518 g/mol. The van der Waals surface area contributed by atoms with Gasteiger partial charge < -0.3 is 18.9 Å². The van der Waals surface area contributed by atoms with Crippen molar-refractivity contribution in [3.8, 4) is 11.5 Å². The molecule has 3 aromatic carbocycles. The zero-order valence-electron chi connectivity index (χ0n) is 21.5. The molecule has 6 nitrogen and oxygen atoms in total. The molecule has 1 atom stereocenters. The Balaban J connectivity index is 1.29. The van der Waals surface area contributed by atoms with Gasteiger partial charge in [-0.05, 0) is 74.2 Å². The summed E-state index contributed by atoms with van der Waals surface area (Å²) in [7, 11) is 1.63. The molecule has 1 aromatic heterocycles. The quantitative estimate of drug-likeness (QED) is 0.232. The number of carbonyl (C=O) groups excluding carboxylic acids is 1. The van der Waals surface area contributed by atoms with Crippen molar-refractivity contribution in [1.82, 2.24) is 9.55 Å². The molecule has 1 unspecified atom stereocenters. The Labute approximate surface area is 222 Å². The van der Waals surface area contributed by atoms with Crippen LogP contribution in [0, 0.1) is 13.8 Å². The van der Waals surface area contributed by atoms with E-state index >= 15 is 0 Å². The highest BCUT2D eigenvalue weighted by Gasteiger charge is 2.35. The molecule has 1 saturated heterocycles. The zero-order chi connectivity index (χ0) is 25.9. The summed E-state index contributed by atoms with van der Waals surface area (Å²) in [5, 5.41) is 0.793. The molecule has 0 N–H and O–H groups in total. The van der Waals surface area contributed by atoms with Crippen molar-refractivity contribution in [3.05, 3.63) is 82.6 Å². The molecule has 37 heavy (non-hydrogen) atoms. The van der Waals surface area contributed by atoms with Gasteiger partial charge in [-0.1, -0.05) is 35.9 Å². The Kier molecular flexibility index (Phi) is 7.38. The lowest BCUT2D eigenvalue weighted by Crippen LogP contribution is -2.25. The van der Waals surface area contributed by atoms with Gasteiger partial charge in [0, 0.05) is 30.5 Å². The molecule has 0 bridgehead atoms. The molecule has 0 spiro atoms. The van der Waals surface area contributed by atoms with Crippen molar-refractivity contribution in [3.63, 3.8) is 0 Å². The fourth-order valence-corrected chi connectivity index (χ4v) is 5.27. The van der Waals surface area contributed by atoms with Crippen molar-refractivity contribution in [2.75, 3.05) is 25.2 Å². The lowest BCUT2D eigenvalue weighted by Gasteiger charge is -2.19. The van der Waals surface area contributed by atoms with E-state index in [2.05, 4.69) is 10.6 Å². The minimum absolute atomic E-state index is 0.0149. The number of methoxy groups -OCH3 is 1. The van der Waals surface area contributed by atoms with E-state index in [-0.39, 0.29) is 11.8 Å². The predicted octanol–water partition coefficient (Wildman–Crippen LogP) is 6.69. The highest BCUT2D eigenvalue weighted by atomic mass is 35.5.